The van der Waals surface area contributed by atoms with Crippen LogP contribution in [0, 0.1) is 0 Å². The number of guanidine groups is 1. The molecule has 20 heavy (non-hydrogen) atoms. The molecular weight excluding hydrogens is 254 g/mol. The Kier molecular flexibility index (Phi) is 8.22. The lowest BCUT2D eigenvalue weighted by atomic mass is 10.3. The summed E-state index contributed by atoms with van der Waals surface area (Å²) in [6.45, 7) is 8.80. The third-order valence-electron chi connectivity index (χ3n) is 2.57. The molecule has 1 aromatic heterocycles. The first-order valence-electron chi connectivity index (χ1n) is 6.90. The van der Waals surface area contributed by atoms with Crippen LogP contribution in [0.25, 0.3) is 0 Å². The van der Waals surface area contributed by atoms with Crippen LogP contribution in [0.5, 0.6) is 0 Å². The molecule has 5 nitrogen and oxygen atoms in total. The van der Waals surface area contributed by atoms with Crippen LogP contribution in [-0.2, 0) is 11.2 Å². The van der Waals surface area contributed by atoms with E-state index in [1.165, 1.54) is 0 Å². The second kappa shape index (κ2) is 10.1. The van der Waals surface area contributed by atoms with Crippen molar-refractivity contribution in [1.29, 1.82) is 0 Å². The molecule has 0 aliphatic heterocycles. The van der Waals surface area contributed by atoms with Gasteiger partial charge in [0.2, 0.25) is 0 Å². The lowest BCUT2D eigenvalue weighted by molar-refractivity contribution is 0.195. The number of hydrogen-bond acceptors (Lipinski definition) is 3. The average molecular weight is 279 g/mol. The molecule has 1 heterocycles. The Bertz CT molecular complexity index is 399. The lowest BCUT2D eigenvalue weighted by Crippen LogP contribution is -2.39. The molecule has 1 rings (SSSR count). The number of hydrogen-bond donors (Lipinski definition) is 2. The van der Waals surface area contributed by atoms with Gasteiger partial charge in [-0.2, -0.15) is 0 Å². The number of furan rings is 1. The Balaban J connectivity index is 2.32. The summed E-state index contributed by atoms with van der Waals surface area (Å²) in [6, 6.07) is 3.87. The van der Waals surface area contributed by atoms with Crippen molar-refractivity contribution in [2.24, 2.45) is 4.99 Å². The maximum Gasteiger partial charge on any atom is 0.191 e. The molecule has 5 heteroatoms. The van der Waals surface area contributed by atoms with Gasteiger partial charge >= 0.3 is 0 Å². The fraction of sp³-hybridized carbons (Fsp3) is 0.533. The molecule has 0 saturated heterocycles. The van der Waals surface area contributed by atoms with E-state index in [4.69, 9.17) is 9.15 Å². The summed E-state index contributed by atoms with van der Waals surface area (Å²) >= 11 is 0. The maximum atomic E-state index is 5.30. The molecule has 0 radical (unpaired) electrons. The molecule has 0 amide bonds. The molecular formula is C15H25N3O2. The van der Waals surface area contributed by atoms with E-state index in [-0.39, 0.29) is 0 Å². The van der Waals surface area contributed by atoms with Crippen molar-refractivity contribution >= 4 is 5.96 Å². The first kappa shape index (κ1) is 16.3. The van der Waals surface area contributed by atoms with Crippen LogP contribution in [0.3, 0.4) is 0 Å². The standard InChI is InChI=1S/C15H25N3O2/c1-13(2)12-18-15(16-8-5-10-19-3)17-9-7-14-6-4-11-20-14/h4,6,11H,1,5,7-10,12H2,2-3H3,(H2,16,17,18). The second-order valence-electron chi connectivity index (χ2n) is 4.65. The smallest absolute Gasteiger partial charge is 0.191 e. The summed E-state index contributed by atoms with van der Waals surface area (Å²) in [5.74, 6) is 1.77. The highest BCUT2D eigenvalue weighted by molar-refractivity contribution is 5.79. The Morgan fingerprint density at radius 1 is 1.40 bits per heavy atom. The van der Waals surface area contributed by atoms with Crippen LogP contribution in [0.15, 0.2) is 40.0 Å². The van der Waals surface area contributed by atoms with Gasteiger partial charge in [0.05, 0.1) is 12.8 Å². The number of methoxy groups -OCH3 is 1. The van der Waals surface area contributed by atoms with Crippen molar-refractivity contribution in [1.82, 2.24) is 10.6 Å². The number of aliphatic imine (C=N–C) groups is 1. The normalized spacial score (nSPS) is 11.4. The van der Waals surface area contributed by atoms with Gasteiger partial charge in [-0.15, -0.1) is 0 Å². The van der Waals surface area contributed by atoms with Gasteiger partial charge in [-0.25, -0.2) is 4.99 Å². The summed E-state index contributed by atoms with van der Waals surface area (Å²) in [5.41, 5.74) is 1.04. The number of ether oxygens (including phenoxy) is 1. The van der Waals surface area contributed by atoms with Crippen LogP contribution in [-0.4, -0.2) is 39.3 Å². The third-order valence-corrected chi connectivity index (χ3v) is 2.57. The van der Waals surface area contributed by atoms with Crippen LogP contribution in [0.1, 0.15) is 19.1 Å². The summed E-state index contributed by atoms with van der Waals surface area (Å²) < 4.78 is 10.3. The van der Waals surface area contributed by atoms with E-state index in [9.17, 15) is 0 Å². The van der Waals surface area contributed by atoms with Gasteiger partial charge < -0.3 is 19.8 Å². The molecule has 0 fully saturated rings. The van der Waals surface area contributed by atoms with Crippen molar-refractivity contribution in [3.8, 4) is 0 Å². The first-order chi connectivity index (χ1) is 9.72. The van der Waals surface area contributed by atoms with E-state index in [1.807, 2.05) is 19.1 Å². The van der Waals surface area contributed by atoms with E-state index >= 15 is 0 Å². The topological polar surface area (TPSA) is 58.8 Å². The van der Waals surface area contributed by atoms with Gasteiger partial charge in [-0.3, -0.25) is 0 Å². The minimum atomic E-state index is 0.625. The molecule has 0 saturated carbocycles. The fourth-order valence-corrected chi connectivity index (χ4v) is 1.57. The van der Waals surface area contributed by atoms with Crippen LogP contribution < -0.4 is 10.6 Å². The van der Waals surface area contributed by atoms with Crippen molar-refractivity contribution in [2.45, 2.75) is 19.8 Å². The minimum Gasteiger partial charge on any atom is -0.469 e. The SMILES string of the molecule is C=C(C)CN=C(NCCCOC)NCCc1ccco1. The van der Waals surface area contributed by atoms with Gasteiger partial charge in [0, 0.05) is 33.2 Å². The van der Waals surface area contributed by atoms with E-state index in [1.54, 1.807) is 13.4 Å². The highest BCUT2D eigenvalue weighted by Crippen LogP contribution is 1.99. The monoisotopic (exact) mass is 279 g/mol. The molecule has 0 aliphatic carbocycles. The molecule has 0 aromatic carbocycles. The van der Waals surface area contributed by atoms with Gasteiger partial charge in [0.15, 0.2) is 5.96 Å². The Morgan fingerprint density at radius 3 is 2.85 bits per heavy atom. The molecule has 1 aromatic rings. The van der Waals surface area contributed by atoms with Gasteiger partial charge in [-0.1, -0.05) is 12.2 Å². The van der Waals surface area contributed by atoms with Crippen molar-refractivity contribution in [2.75, 3.05) is 33.4 Å². The summed E-state index contributed by atoms with van der Waals surface area (Å²) in [7, 11) is 1.71. The molecule has 0 bridgehead atoms. The van der Waals surface area contributed by atoms with E-state index in [0.29, 0.717) is 6.54 Å². The van der Waals surface area contributed by atoms with Crippen LogP contribution >= 0.6 is 0 Å². The Morgan fingerprint density at radius 2 is 2.20 bits per heavy atom. The largest absolute Gasteiger partial charge is 0.469 e. The third kappa shape index (κ3) is 7.63. The summed E-state index contributed by atoms with van der Waals surface area (Å²) in [6.07, 6.45) is 3.47. The van der Waals surface area contributed by atoms with Gasteiger partial charge in [0.1, 0.15) is 5.76 Å². The Hall–Kier alpha value is -1.75. The zero-order chi connectivity index (χ0) is 14.6. The minimum absolute atomic E-state index is 0.625. The van der Waals surface area contributed by atoms with Crippen molar-refractivity contribution in [3.05, 3.63) is 36.3 Å². The van der Waals surface area contributed by atoms with Gasteiger partial charge in [-0.05, 0) is 25.5 Å². The highest BCUT2D eigenvalue weighted by atomic mass is 16.5. The molecule has 112 valence electrons. The zero-order valence-corrected chi connectivity index (χ0v) is 12.4. The Labute approximate surface area is 121 Å². The quantitative estimate of drug-likeness (QED) is 0.314. The van der Waals surface area contributed by atoms with Crippen LogP contribution in [0.2, 0.25) is 0 Å². The van der Waals surface area contributed by atoms with E-state index in [2.05, 4.69) is 22.2 Å². The number of nitrogens with one attached hydrogen (secondary N) is 2. The average Bonchev–Trinajstić information content (AvgIpc) is 2.93. The maximum absolute atomic E-state index is 5.30. The zero-order valence-electron chi connectivity index (χ0n) is 12.4. The lowest BCUT2D eigenvalue weighted by Gasteiger charge is -2.12. The number of rotatable bonds is 9. The summed E-state index contributed by atoms with van der Waals surface area (Å²) in [4.78, 5) is 4.46. The molecule has 0 spiro atoms. The highest BCUT2D eigenvalue weighted by Gasteiger charge is 2.00. The fourth-order valence-electron chi connectivity index (χ4n) is 1.57. The van der Waals surface area contributed by atoms with Gasteiger partial charge in [0.25, 0.3) is 0 Å². The van der Waals surface area contributed by atoms with E-state index in [0.717, 1.165) is 49.8 Å². The molecule has 0 unspecified atom stereocenters. The van der Waals surface area contributed by atoms with E-state index < -0.39 is 0 Å². The first-order valence-corrected chi connectivity index (χ1v) is 6.90. The summed E-state index contributed by atoms with van der Waals surface area (Å²) in [5, 5.41) is 6.56. The van der Waals surface area contributed by atoms with Crippen molar-refractivity contribution < 1.29 is 9.15 Å². The number of nitrogens with zero attached hydrogens (tertiary/aromatic N) is 1. The molecule has 0 aliphatic rings. The molecule has 0 atom stereocenters. The molecule has 2 N–H and O–H groups in total. The van der Waals surface area contributed by atoms with Crippen molar-refractivity contribution in [3.63, 3.8) is 0 Å². The van der Waals surface area contributed by atoms with Crippen LogP contribution in [0.4, 0.5) is 0 Å². The second-order valence-corrected chi connectivity index (χ2v) is 4.65. The predicted molar refractivity (Wildman–Crippen MR) is 82.0 cm³/mol. The predicted octanol–water partition coefficient (Wildman–Crippen LogP) is 1.97.